The standard InChI is InChI=1S/C28H19ClF3N3O4.C16H14ClF2NO.C13H9ClO2.C13H10FNO6.C3H7F2N.ClH/c1-28(31,32)13-35-24(14-2-6-17(7-3-14)38-18-8-4-15(29)5-9-18)22-20(26(35)36)12-33-23(22)19-10-16(30)11-21-25(19)39-27(37)34-21;1-16(18,19)11-20-10-12-2-6-14(7-3-12)21-15-8-4-13(17)5-9-15;14-11-3-7-13(8-4-11)16-12-5-1-10(9-15)2-6-12;1-2-20-12(18)10(17)5-9(16)7-3-6(14)4-8-11(7)21-13(19)15-8;1-3(4,5)2-6;/h2-11,24H,12-13H2,1H3,(H,34,37);2-10H,11H2,1H3;1-9H;3-4H,2,5H2,1H3,(H,15,19);2,6H2,1H3;1H. The fourth-order valence-electron chi connectivity index (χ4n) is 9.57. The highest BCUT2D eigenvalue weighted by Crippen LogP contribution is 2.45. The number of carbonyl (C=O) groups excluding carboxylic acids is 5. The number of rotatable bonds is 20. The number of alkyl halides is 6. The van der Waals surface area contributed by atoms with Crippen molar-refractivity contribution in [2.24, 2.45) is 15.7 Å². The third-order valence-corrected chi connectivity index (χ3v) is 14.8. The van der Waals surface area contributed by atoms with Crippen LogP contribution in [0.25, 0.3) is 22.2 Å². The van der Waals surface area contributed by atoms with E-state index < -0.39 is 96.5 Å². The summed E-state index contributed by atoms with van der Waals surface area (Å²) >= 11 is 17.5. The number of ketones is 2. The zero-order valence-electron chi connectivity index (χ0n) is 54.9. The number of H-pyrrole nitrogens is 2. The van der Waals surface area contributed by atoms with Crippen LogP contribution in [0.4, 0.5) is 35.1 Å². The zero-order valence-corrected chi connectivity index (χ0v) is 58.0. The predicted molar refractivity (Wildman–Crippen MR) is 377 cm³/mol. The monoisotopic (exact) mass is 1520 g/mol. The molecule has 19 nitrogen and oxygen atoms in total. The Morgan fingerprint density at radius 1 is 0.625 bits per heavy atom. The fourth-order valence-corrected chi connectivity index (χ4v) is 9.95. The van der Waals surface area contributed by atoms with E-state index in [-0.39, 0.29) is 70.2 Å². The topological polar surface area (TPSA) is 268 Å². The van der Waals surface area contributed by atoms with Crippen molar-refractivity contribution in [2.75, 3.05) is 32.8 Å². The fraction of sp³-hybridized carbons (Fsp3) is 0.192. The molecule has 2 aromatic heterocycles. The minimum atomic E-state index is -3.18. The van der Waals surface area contributed by atoms with Crippen LogP contribution in [-0.2, 0) is 19.1 Å². The van der Waals surface area contributed by atoms with E-state index >= 15 is 0 Å². The minimum absolute atomic E-state index is 0. The molecule has 0 spiro atoms. The molecular formula is C73H60Cl4F8N6O13. The molecule has 1 atom stereocenters. The van der Waals surface area contributed by atoms with E-state index in [1.807, 2.05) is 0 Å². The van der Waals surface area contributed by atoms with Gasteiger partial charge in [0.15, 0.2) is 16.9 Å². The maximum atomic E-state index is 14.5. The largest absolute Gasteiger partial charge is 0.460 e. The number of amides is 1. The summed E-state index contributed by atoms with van der Waals surface area (Å²) in [5, 5.41) is 1.87. The summed E-state index contributed by atoms with van der Waals surface area (Å²) in [4.78, 5) is 95.2. The van der Waals surface area contributed by atoms with Crippen LogP contribution in [0, 0.1) is 11.6 Å². The number of carbonyl (C=O) groups is 5. The second kappa shape index (κ2) is 35.9. The molecule has 8 aromatic carbocycles. The predicted octanol–water partition coefficient (Wildman–Crippen LogP) is 17.2. The summed E-state index contributed by atoms with van der Waals surface area (Å²) < 4.78 is 136. The molecule has 0 radical (unpaired) electrons. The number of fused-ring (bicyclic) bond motifs is 2. The molecule has 1 unspecified atom stereocenters. The van der Waals surface area contributed by atoms with Crippen molar-refractivity contribution in [3.05, 3.63) is 257 Å². The number of benzene rings is 8. The van der Waals surface area contributed by atoms with Gasteiger partial charge in [-0.2, -0.15) is 0 Å². The van der Waals surface area contributed by atoms with Crippen LogP contribution in [-0.4, -0.2) is 107 Å². The van der Waals surface area contributed by atoms with Crippen molar-refractivity contribution in [3.63, 3.8) is 0 Å². The van der Waals surface area contributed by atoms with Crippen molar-refractivity contribution in [3.8, 4) is 34.5 Å². The van der Waals surface area contributed by atoms with E-state index in [4.69, 9.17) is 57.8 Å². The number of nitrogens with two attached hydrogens (primary N) is 1. The van der Waals surface area contributed by atoms with E-state index in [9.17, 15) is 68.7 Å². The number of halogens is 12. The third kappa shape index (κ3) is 23.4. The van der Waals surface area contributed by atoms with Gasteiger partial charge < -0.3 is 38.4 Å². The van der Waals surface area contributed by atoms with Crippen LogP contribution in [0.2, 0.25) is 15.1 Å². The smallest absolute Gasteiger partial charge is 0.417 e. The number of ether oxygens (including phenoxy) is 4. The summed E-state index contributed by atoms with van der Waals surface area (Å²) in [7, 11) is 0. The molecule has 10 aromatic rings. The van der Waals surface area contributed by atoms with Crippen molar-refractivity contribution in [2.45, 2.75) is 57.9 Å². The number of nitrogens with zero attached hydrogens (tertiary/aromatic N) is 3. The Kier molecular flexibility index (Phi) is 27.9. The van der Waals surface area contributed by atoms with Crippen molar-refractivity contribution < 1.29 is 86.9 Å². The van der Waals surface area contributed by atoms with Gasteiger partial charge in [-0.25, -0.2) is 49.5 Å². The first-order valence-corrected chi connectivity index (χ1v) is 31.7. The van der Waals surface area contributed by atoms with Crippen molar-refractivity contribution in [1.29, 1.82) is 0 Å². The van der Waals surface area contributed by atoms with Gasteiger partial charge in [-0.05, 0) is 164 Å². The summed E-state index contributed by atoms with van der Waals surface area (Å²) in [6.07, 6.45) is 1.42. The van der Waals surface area contributed by atoms with E-state index in [0.29, 0.717) is 66.3 Å². The van der Waals surface area contributed by atoms with E-state index in [1.54, 1.807) is 146 Å². The lowest BCUT2D eigenvalue weighted by Gasteiger charge is -2.30. The third-order valence-electron chi connectivity index (χ3n) is 14.1. The van der Waals surface area contributed by atoms with Gasteiger partial charge in [0.2, 0.25) is 5.78 Å². The molecule has 4 N–H and O–H groups in total. The highest BCUT2D eigenvalue weighted by Gasteiger charge is 2.47. The van der Waals surface area contributed by atoms with E-state index in [0.717, 1.165) is 61.8 Å². The Balaban J connectivity index is 0.000000200. The molecule has 12 rings (SSSR count). The highest BCUT2D eigenvalue weighted by atomic mass is 35.5. The molecule has 31 heteroatoms. The van der Waals surface area contributed by atoms with Crippen molar-refractivity contribution in [1.82, 2.24) is 14.9 Å². The van der Waals surface area contributed by atoms with Gasteiger partial charge in [0.05, 0.1) is 61.0 Å². The van der Waals surface area contributed by atoms with Gasteiger partial charge in [-0.1, -0.05) is 46.9 Å². The quantitative estimate of drug-likeness (QED) is 0.0122. The number of hydrogen-bond acceptors (Lipinski definition) is 16. The number of nitrogens with one attached hydrogen (secondary N) is 2. The number of esters is 1. The molecule has 0 aliphatic carbocycles. The lowest BCUT2D eigenvalue weighted by atomic mass is 9.91. The van der Waals surface area contributed by atoms with E-state index in [2.05, 4.69) is 30.4 Å². The number of aliphatic imine (C=N–C) groups is 2. The first kappa shape index (κ1) is 80.6. The Morgan fingerprint density at radius 2 is 1.05 bits per heavy atom. The molecule has 0 bridgehead atoms. The first-order valence-electron chi connectivity index (χ1n) is 30.6. The number of aromatic nitrogens is 2. The van der Waals surface area contributed by atoms with Gasteiger partial charge in [-0.3, -0.25) is 39.1 Å². The second-order valence-corrected chi connectivity index (χ2v) is 24.0. The molecule has 2 aliphatic heterocycles. The molecule has 1 amide bonds. The van der Waals surface area contributed by atoms with Crippen LogP contribution >= 0.6 is 47.2 Å². The normalized spacial score (nSPS) is 13.2. The van der Waals surface area contributed by atoms with Crippen LogP contribution in [0.5, 0.6) is 34.5 Å². The average molecular weight is 1520 g/mol. The van der Waals surface area contributed by atoms with Crippen molar-refractivity contribution >= 4 is 111 Å². The van der Waals surface area contributed by atoms with Gasteiger partial charge in [-0.15, -0.1) is 12.4 Å². The van der Waals surface area contributed by atoms with Crippen LogP contribution in [0.1, 0.15) is 77.6 Å². The number of aldehydes is 1. The minimum Gasteiger partial charge on any atom is -0.460 e. The first-order chi connectivity index (χ1) is 48.7. The van der Waals surface area contributed by atoms with Gasteiger partial charge in [0, 0.05) is 76.5 Å². The maximum Gasteiger partial charge on any atom is 0.417 e. The zero-order chi connectivity index (χ0) is 74.9. The Morgan fingerprint density at radius 3 is 1.48 bits per heavy atom. The van der Waals surface area contributed by atoms with Crippen LogP contribution in [0.3, 0.4) is 0 Å². The molecule has 2 aliphatic rings. The lowest BCUT2D eigenvalue weighted by molar-refractivity contribution is -0.153. The maximum absolute atomic E-state index is 14.5. The Hall–Kier alpha value is -10.7. The average Bonchev–Trinajstić information content (AvgIpc) is 1.57. The molecular weight excluding hydrogens is 1460 g/mol. The summed E-state index contributed by atoms with van der Waals surface area (Å²) in [5.41, 5.74) is 7.13. The SMILES string of the molecule is CC(F)(F)CN.CC(F)(F)CN1C(=O)C2=C(C(c3cc(F)cc4[nH]c(=O)oc34)=NC2)C1c1ccc(Oc2ccc(Cl)cc2)cc1.CC(F)(F)CN=Cc1ccc(Oc2ccc(Cl)cc2)cc1.CCOC(=O)C(=O)CC(=O)c1cc(F)cc2[nH]c(=O)oc12.Cl.O=Cc1ccc(Oc2ccc(Cl)cc2)cc1. The lowest BCUT2D eigenvalue weighted by Crippen LogP contribution is -2.40. The van der Waals surface area contributed by atoms with Gasteiger partial charge in [0.25, 0.3) is 23.7 Å². The van der Waals surface area contributed by atoms with Gasteiger partial charge >= 0.3 is 17.5 Å². The molecule has 0 saturated heterocycles. The number of aromatic amines is 2. The second-order valence-electron chi connectivity index (χ2n) is 22.7. The summed E-state index contributed by atoms with van der Waals surface area (Å²) in [6.45, 7) is 1.88. The summed E-state index contributed by atoms with van der Waals surface area (Å²) in [5.74, 6) is -11.6. The highest BCUT2D eigenvalue weighted by molar-refractivity contribution is 6.38. The molecule has 0 fully saturated rings. The Labute approximate surface area is 607 Å². The summed E-state index contributed by atoms with van der Waals surface area (Å²) in [6, 6.07) is 44.6. The van der Waals surface area contributed by atoms with Crippen LogP contribution < -0.4 is 31.5 Å². The van der Waals surface area contributed by atoms with Gasteiger partial charge in [0.1, 0.15) is 59.0 Å². The molecule has 544 valence electrons. The number of Topliss-reactive ketones (excluding diaryl/α,β-unsaturated/α-hetero) is 2. The molecule has 0 saturated carbocycles. The van der Waals surface area contributed by atoms with Crippen LogP contribution in [0.15, 0.2) is 209 Å². The Bertz CT molecular complexity index is 4880. The number of hydrogen-bond donors (Lipinski definition) is 3. The molecule has 4 heterocycles. The van der Waals surface area contributed by atoms with E-state index in [1.165, 1.54) is 13.1 Å². The molecule has 104 heavy (non-hydrogen) atoms. The number of oxazole rings is 2.